The lowest BCUT2D eigenvalue weighted by Crippen LogP contribution is -2.34. The Bertz CT molecular complexity index is 7040. The van der Waals surface area contributed by atoms with E-state index in [9.17, 15) is 0 Å². The molecular formula is C120H162N16O9S4. The molecular weight excluding hydrogens is 1940 g/mol. The fourth-order valence-electron chi connectivity index (χ4n) is 20.7. The number of aromatic nitrogens is 5. The summed E-state index contributed by atoms with van der Waals surface area (Å²) < 4.78 is 80.9. The summed E-state index contributed by atoms with van der Waals surface area (Å²) in [6.07, 6.45) is 4.77. The second kappa shape index (κ2) is 48.4. The minimum Gasteiger partial charge on any atom is -0.492 e. The standard InChI is InChI=1S/C120H162N16O9S4/c1-25-127(26-2)57-61-131-81-41-33-38-46-86(81)147-110-97(131)101(137-65-49-73(9)10)89-92(106(110)142-70-54-78(19)20)116-122-113(89)121-114-91-90(102(138-66-50-74(11)12)98-109(105(91)141-69-53-77(17)18)146-85-45-37-34-42-82(85)132(98)62-58-128(27-3)28-4)115(123-114)124-118-95-94(104(140-68-52-76(15)16)100-111(107(95)143-71-55-79(21)22)148-87-47-39-36-44-84(87)134(100)64-60-130(31-7)32-8)119-126-120-96-93(117(125-116)135(120)145-136(118)119)103(139-67-51-75(13)14)99-112(108(96)144-72-56-80(23)24)149-88-48-40-35-43-83(88)133(99)63-59-129(29-5)30-6/h33-48,73-80,117H,25-32,49-72H2,1-24H3,(H,121,122,123,124,125). The molecule has 1 atom stereocenters. The summed E-state index contributed by atoms with van der Waals surface area (Å²) in [5.41, 5.74) is 11.8. The zero-order valence-electron chi connectivity index (χ0n) is 93.1. The van der Waals surface area contributed by atoms with Gasteiger partial charge in [-0.2, -0.15) is 0 Å². The Balaban J connectivity index is 1.13. The third-order valence-electron chi connectivity index (χ3n) is 29.8. The van der Waals surface area contributed by atoms with Crippen LogP contribution in [0.15, 0.2) is 151 Å². The number of H-pyrrole nitrogens is 1. The maximum Gasteiger partial charge on any atom is 0.192 e. The van der Waals surface area contributed by atoms with Crippen LogP contribution >= 0.6 is 46.6 Å². The number of aromatic amines is 1. The predicted octanol–water partition coefficient (Wildman–Crippen LogP) is 28.6. The quantitative estimate of drug-likeness (QED) is 0.0352. The number of rotatable bonds is 52. The van der Waals surface area contributed by atoms with Crippen molar-refractivity contribution in [3.8, 4) is 57.4 Å². The predicted molar refractivity (Wildman–Crippen MR) is 618 cm³/mol. The monoisotopic (exact) mass is 2100 g/mol. The molecule has 1 N–H and O–H groups in total. The molecule has 1 unspecified atom stereocenters. The van der Waals surface area contributed by atoms with Crippen molar-refractivity contribution in [1.29, 1.82) is 0 Å². The number of para-hydroxylation sites is 4. The molecule has 8 aromatic carbocycles. The first-order chi connectivity index (χ1) is 72.2. The van der Waals surface area contributed by atoms with E-state index < -0.39 is 6.17 Å². The molecule has 4 aromatic heterocycles. The van der Waals surface area contributed by atoms with E-state index in [2.05, 4.69) is 307 Å². The lowest BCUT2D eigenvalue weighted by molar-refractivity contribution is 0.140. The lowest BCUT2D eigenvalue weighted by atomic mass is 10.0. The normalized spacial score (nSPS) is 14.4. The molecule has 0 spiro atoms. The van der Waals surface area contributed by atoms with Crippen LogP contribution in [0.2, 0.25) is 0 Å². The number of fused-ring (bicyclic) bond motifs is 23. The van der Waals surface area contributed by atoms with Crippen molar-refractivity contribution in [2.24, 2.45) is 67.3 Å². The van der Waals surface area contributed by atoms with Gasteiger partial charge in [0, 0.05) is 67.0 Å². The number of aliphatic imine (C=N–C) groups is 2. The topological polar surface area (TPSA) is 202 Å². The SMILES string of the molecule is CCN(CC)CCN1c2ccccc2Sc2c(OCCC(C)C)c3c(c(OCCC(C)C)c21)C1=Nc2c4c(OCCC(C)C)c5sc6ccccc6n(CCN(CC)CC)c5c(OCCC(C)C)c4c4nc5n(on24)C(N=c2[nH]c(c4c(OCCC(C)C)c6c(c(OCCC(C)C)c24)Sc2ccccc2N6CCN(CC)CC)=NC3=N1)c1c(OCCC(C)C)c2c(c(OCCC(C)C)c1-5)Sc1ccccc1N2CCN(CC)CC. The van der Waals surface area contributed by atoms with Crippen LogP contribution in [0.1, 0.15) is 240 Å². The summed E-state index contributed by atoms with van der Waals surface area (Å²) in [7, 11) is 0. The van der Waals surface area contributed by atoms with Crippen molar-refractivity contribution in [1.82, 2.24) is 43.4 Å². The molecule has 25 nitrogen and oxygen atoms in total. The summed E-state index contributed by atoms with van der Waals surface area (Å²) in [6.45, 7) is 69.9. The fourth-order valence-corrected chi connectivity index (χ4v) is 25.5. The number of benzene rings is 8. The van der Waals surface area contributed by atoms with E-state index in [1.165, 1.54) is 0 Å². The first kappa shape index (κ1) is 109. The first-order valence-corrected chi connectivity index (χ1v) is 59.3. The number of likely N-dealkylation sites (N-methyl/N-ethyl adjacent to an activating group) is 4. The highest BCUT2D eigenvalue weighted by molar-refractivity contribution is 8.00. The second-order valence-electron chi connectivity index (χ2n) is 43.7. The van der Waals surface area contributed by atoms with E-state index in [0.717, 1.165) is 214 Å². The number of hydrogen-bond donors (Lipinski definition) is 1. The van der Waals surface area contributed by atoms with Gasteiger partial charge in [-0.25, -0.2) is 25.0 Å². The maximum atomic E-state index is 8.66. The van der Waals surface area contributed by atoms with Crippen molar-refractivity contribution < 1.29 is 42.5 Å². The van der Waals surface area contributed by atoms with Gasteiger partial charge >= 0.3 is 0 Å². The van der Waals surface area contributed by atoms with Crippen LogP contribution in [0, 0.1) is 47.3 Å². The maximum absolute atomic E-state index is 8.66. The minimum absolute atomic E-state index is 0.262. The molecule has 6 aliphatic rings. The van der Waals surface area contributed by atoms with Crippen molar-refractivity contribution in [2.45, 2.75) is 260 Å². The van der Waals surface area contributed by atoms with E-state index in [0.29, 0.717) is 209 Å². The lowest BCUT2D eigenvalue weighted by Gasteiger charge is -2.37. The van der Waals surface area contributed by atoms with Gasteiger partial charge in [-0.3, -0.25) is 4.63 Å². The molecule has 0 saturated carbocycles. The Morgan fingerprint density at radius 3 is 1.20 bits per heavy atom. The third kappa shape index (κ3) is 22.3. The van der Waals surface area contributed by atoms with Gasteiger partial charge in [0.15, 0.2) is 63.9 Å². The van der Waals surface area contributed by atoms with Crippen molar-refractivity contribution in [3.05, 3.63) is 125 Å². The smallest absolute Gasteiger partial charge is 0.192 e. The number of nitrogens with zero attached hydrogens (tertiary/aromatic N) is 15. The number of anilines is 6. The third-order valence-corrected chi connectivity index (χ3v) is 34.4. The molecule has 6 aliphatic heterocycles. The summed E-state index contributed by atoms with van der Waals surface area (Å²) in [5.74, 6) is 8.68. The van der Waals surface area contributed by atoms with E-state index in [-0.39, 0.29) is 47.3 Å². The molecule has 12 aromatic rings. The van der Waals surface area contributed by atoms with Gasteiger partial charge in [0.2, 0.25) is 0 Å². The van der Waals surface area contributed by atoms with Crippen LogP contribution in [-0.2, 0) is 6.54 Å². The van der Waals surface area contributed by atoms with Crippen LogP contribution in [0.3, 0.4) is 0 Å². The Kier molecular flexibility index (Phi) is 35.2. The zero-order chi connectivity index (χ0) is 105. The average molecular weight is 2100 g/mol. The number of nitrogens with one attached hydrogen (secondary N) is 1. The Hall–Kier alpha value is -10.2. The Morgan fingerprint density at radius 1 is 0.362 bits per heavy atom. The van der Waals surface area contributed by atoms with Crippen LogP contribution in [0.25, 0.3) is 59.0 Å². The van der Waals surface area contributed by atoms with Crippen LogP contribution in [-0.4, -0.2) is 206 Å². The molecule has 6 bridgehead atoms. The molecule has 149 heavy (non-hydrogen) atoms. The number of hydrogen-bond acceptors (Lipinski definition) is 25. The van der Waals surface area contributed by atoms with Crippen LogP contribution in [0.5, 0.6) is 46.0 Å². The molecule has 800 valence electrons. The largest absolute Gasteiger partial charge is 0.492 e. The Labute approximate surface area is 900 Å². The summed E-state index contributed by atoms with van der Waals surface area (Å²) in [6, 6.07) is 35.4. The minimum atomic E-state index is -1.19. The highest BCUT2D eigenvalue weighted by atomic mass is 32.2. The van der Waals surface area contributed by atoms with E-state index in [1.54, 1.807) is 46.6 Å². The fraction of sp³-hybridized carbons (Fsp3) is 0.542. The van der Waals surface area contributed by atoms with Crippen LogP contribution < -0.4 is 63.6 Å². The van der Waals surface area contributed by atoms with Gasteiger partial charge in [-0.05, 0) is 200 Å². The number of amidine groups is 2. The van der Waals surface area contributed by atoms with Crippen molar-refractivity contribution in [3.63, 3.8) is 0 Å². The number of ether oxygens (including phenoxy) is 8. The summed E-state index contributed by atoms with van der Waals surface area (Å²) in [4.78, 5) is 60.3. The summed E-state index contributed by atoms with van der Waals surface area (Å²) in [5, 5.41) is 2.63. The molecule has 0 amide bonds. The van der Waals surface area contributed by atoms with E-state index in [4.69, 9.17) is 67.5 Å². The molecule has 29 heteroatoms. The Morgan fingerprint density at radius 2 is 0.732 bits per heavy atom. The van der Waals surface area contributed by atoms with Gasteiger partial charge < -0.3 is 81.7 Å². The molecule has 0 radical (unpaired) electrons. The van der Waals surface area contributed by atoms with Crippen molar-refractivity contribution >= 4 is 146 Å². The van der Waals surface area contributed by atoms with Gasteiger partial charge in [0.1, 0.15) is 50.8 Å². The van der Waals surface area contributed by atoms with Crippen LogP contribution in [0.4, 0.5) is 39.9 Å². The molecule has 0 saturated heterocycles. The van der Waals surface area contributed by atoms with Gasteiger partial charge in [-0.15, -0.1) is 20.6 Å². The van der Waals surface area contributed by atoms with Gasteiger partial charge in [0.05, 0.1) is 143 Å². The first-order valence-electron chi connectivity index (χ1n) is 56.0. The summed E-state index contributed by atoms with van der Waals surface area (Å²) >= 11 is 6.90. The second-order valence-corrected chi connectivity index (χ2v) is 47.9. The average Bonchev–Trinajstić information content (AvgIpc) is 1.51. The zero-order valence-corrected chi connectivity index (χ0v) is 96.3. The van der Waals surface area contributed by atoms with Crippen molar-refractivity contribution in [2.75, 3.05) is 166 Å². The molecule has 0 fully saturated rings. The highest BCUT2D eigenvalue weighted by Gasteiger charge is 2.49. The molecule has 10 heterocycles. The molecule has 18 rings (SSSR count). The molecule has 0 aliphatic carbocycles. The highest BCUT2D eigenvalue weighted by Crippen LogP contribution is 2.66. The van der Waals surface area contributed by atoms with E-state index >= 15 is 0 Å². The van der Waals surface area contributed by atoms with Gasteiger partial charge in [-0.1, -0.05) is 250 Å². The van der Waals surface area contributed by atoms with E-state index in [1.807, 2.05) is 9.31 Å². The van der Waals surface area contributed by atoms with Gasteiger partial charge in [0.25, 0.3) is 0 Å².